The van der Waals surface area contributed by atoms with Crippen LogP contribution < -0.4 is 10.0 Å². The fraction of sp³-hybridized carbons (Fsp3) is 0.556. The number of nitrogens with one attached hydrogen (secondary N) is 2. The van der Waals surface area contributed by atoms with Crippen LogP contribution in [0.4, 0.5) is 4.79 Å². The summed E-state index contributed by atoms with van der Waals surface area (Å²) in [5.74, 6) is 0.279. The lowest BCUT2D eigenvalue weighted by Crippen LogP contribution is -2.43. The van der Waals surface area contributed by atoms with Crippen molar-refractivity contribution in [1.29, 1.82) is 0 Å². The number of rotatable bonds is 7. The van der Waals surface area contributed by atoms with Crippen molar-refractivity contribution in [3.05, 3.63) is 28.8 Å². The molecule has 1 fully saturated rings. The Labute approximate surface area is 181 Å². The van der Waals surface area contributed by atoms with Gasteiger partial charge in [0.1, 0.15) is 4.90 Å². The van der Waals surface area contributed by atoms with Crippen LogP contribution in [0.25, 0.3) is 0 Å². The van der Waals surface area contributed by atoms with E-state index in [0.717, 1.165) is 12.8 Å². The van der Waals surface area contributed by atoms with E-state index in [4.69, 9.17) is 11.6 Å². The second-order valence-corrected chi connectivity index (χ2v) is 10.0. The van der Waals surface area contributed by atoms with Crippen molar-refractivity contribution in [2.45, 2.75) is 50.3 Å². The first kappa shape index (κ1) is 23.8. The molecule has 1 aliphatic heterocycles. The number of carbonyl (C=O) groups is 1. The van der Waals surface area contributed by atoms with E-state index in [1.54, 1.807) is 18.0 Å². The highest BCUT2D eigenvalue weighted by Gasteiger charge is 2.43. The first-order valence-corrected chi connectivity index (χ1v) is 12.1. The summed E-state index contributed by atoms with van der Waals surface area (Å²) in [6.45, 7) is 6.19. The molecule has 1 heterocycles. The van der Waals surface area contributed by atoms with Gasteiger partial charge in [-0.25, -0.2) is 17.9 Å². The molecule has 0 bridgehead atoms. The van der Waals surface area contributed by atoms with E-state index in [1.165, 1.54) is 23.9 Å². The van der Waals surface area contributed by atoms with Gasteiger partial charge < -0.3 is 15.3 Å². The zero-order valence-corrected chi connectivity index (χ0v) is 19.3. The van der Waals surface area contributed by atoms with Gasteiger partial charge in [0.05, 0.1) is 10.8 Å². The standard InChI is InChI=1S/C18H27ClN4O4S2/c1-5-6-9-20-16(24)22-29(26,27)15-10-13(7-8-14(15)19)18(25)11-28-17(23(18)4)21-12(2)3/h7-8,10,12,25H,5-6,9,11H2,1-4H3,(H2,20,22,24). The van der Waals surface area contributed by atoms with Crippen LogP contribution >= 0.6 is 23.4 Å². The molecule has 2 amide bonds. The Kier molecular flexibility index (Phi) is 7.83. The molecular formula is C18H27ClN4O4S2. The van der Waals surface area contributed by atoms with Crippen molar-refractivity contribution >= 4 is 44.6 Å². The van der Waals surface area contributed by atoms with Crippen LogP contribution in [0.1, 0.15) is 39.2 Å². The van der Waals surface area contributed by atoms with Crippen LogP contribution in [0.3, 0.4) is 0 Å². The van der Waals surface area contributed by atoms with E-state index in [2.05, 4.69) is 10.3 Å². The third-order valence-corrected chi connectivity index (χ3v) is 7.34. The van der Waals surface area contributed by atoms with Crippen molar-refractivity contribution in [3.63, 3.8) is 0 Å². The highest BCUT2D eigenvalue weighted by molar-refractivity contribution is 8.14. The summed E-state index contributed by atoms with van der Waals surface area (Å²) in [5, 5.41) is 14.3. The summed E-state index contributed by atoms with van der Waals surface area (Å²) in [6.07, 6.45) is 1.61. The first-order valence-electron chi connectivity index (χ1n) is 9.28. The van der Waals surface area contributed by atoms with Crippen LogP contribution in [0.5, 0.6) is 0 Å². The van der Waals surface area contributed by atoms with Crippen LogP contribution in [-0.4, -0.2) is 55.0 Å². The monoisotopic (exact) mass is 462 g/mol. The van der Waals surface area contributed by atoms with Gasteiger partial charge in [0.2, 0.25) is 0 Å². The van der Waals surface area contributed by atoms with Gasteiger partial charge in [-0.15, -0.1) is 0 Å². The predicted molar refractivity (Wildman–Crippen MR) is 117 cm³/mol. The van der Waals surface area contributed by atoms with Crippen molar-refractivity contribution in [2.24, 2.45) is 4.99 Å². The van der Waals surface area contributed by atoms with Crippen molar-refractivity contribution in [1.82, 2.24) is 14.9 Å². The SMILES string of the molecule is CCCCNC(=O)NS(=O)(=O)c1cc(C2(O)CSC(=NC(C)C)N2C)ccc1Cl. The molecular weight excluding hydrogens is 436 g/mol. The van der Waals surface area contributed by atoms with E-state index in [1.807, 2.05) is 25.5 Å². The second-order valence-electron chi connectivity index (χ2n) is 7.03. The number of thioether (sulfide) groups is 1. The lowest BCUT2D eigenvalue weighted by atomic mass is 10.0. The maximum absolute atomic E-state index is 12.7. The number of halogens is 1. The third kappa shape index (κ3) is 5.56. The zero-order valence-electron chi connectivity index (χ0n) is 16.9. The number of amides is 2. The van der Waals surface area contributed by atoms with Crippen LogP contribution in [-0.2, 0) is 15.7 Å². The van der Waals surface area contributed by atoms with E-state index in [0.29, 0.717) is 17.3 Å². The first-order chi connectivity index (χ1) is 13.5. The lowest BCUT2D eigenvalue weighted by Gasteiger charge is -2.31. The molecule has 0 spiro atoms. The van der Waals surface area contributed by atoms with Gasteiger partial charge in [-0.2, -0.15) is 0 Å². The molecule has 0 aliphatic carbocycles. The summed E-state index contributed by atoms with van der Waals surface area (Å²) >= 11 is 7.49. The maximum Gasteiger partial charge on any atom is 0.328 e. The smallest absolute Gasteiger partial charge is 0.328 e. The van der Waals surface area contributed by atoms with E-state index < -0.39 is 21.8 Å². The number of amidine groups is 1. The normalized spacial score (nSPS) is 21.1. The molecule has 1 aliphatic rings. The largest absolute Gasteiger partial charge is 0.366 e. The Morgan fingerprint density at radius 3 is 2.76 bits per heavy atom. The topological polar surface area (TPSA) is 111 Å². The fourth-order valence-corrected chi connectivity index (χ4v) is 5.46. The van der Waals surface area contributed by atoms with E-state index in [-0.39, 0.29) is 21.7 Å². The molecule has 1 aromatic carbocycles. The number of unbranched alkanes of at least 4 members (excludes halogenated alkanes) is 1. The summed E-state index contributed by atoms with van der Waals surface area (Å²) in [7, 11) is -2.52. The van der Waals surface area contributed by atoms with Gasteiger partial charge in [-0.05, 0) is 32.4 Å². The highest BCUT2D eigenvalue weighted by atomic mass is 35.5. The summed E-state index contributed by atoms with van der Waals surface area (Å²) in [6, 6.07) is 3.49. The van der Waals surface area contributed by atoms with Gasteiger partial charge in [-0.1, -0.05) is 42.8 Å². The summed E-state index contributed by atoms with van der Waals surface area (Å²) < 4.78 is 27.3. The number of benzene rings is 1. The number of hydrogen-bond donors (Lipinski definition) is 3. The van der Waals surface area contributed by atoms with Crippen molar-refractivity contribution in [2.75, 3.05) is 19.3 Å². The summed E-state index contributed by atoms with van der Waals surface area (Å²) in [5.41, 5.74) is -1.10. The third-order valence-electron chi connectivity index (χ3n) is 4.34. The zero-order chi connectivity index (χ0) is 21.8. The number of sulfonamides is 1. The Morgan fingerprint density at radius 2 is 2.14 bits per heavy atom. The Balaban J connectivity index is 2.31. The highest BCUT2D eigenvalue weighted by Crippen LogP contribution is 2.39. The number of urea groups is 1. The molecule has 1 aromatic rings. The molecule has 1 atom stereocenters. The Morgan fingerprint density at radius 1 is 1.45 bits per heavy atom. The minimum atomic E-state index is -4.22. The van der Waals surface area contributed by atoms with Gasteiger partial charge in [0, 0.05) is 25.2 Å². The van der Waals surface area contributed by atoms with Crippen molar-refractivity contribution < 1.29 is 18.3 Å². The molecule has 0 radical (unpaired) electrons. The van der Waals surface area contributed by atoms with Crippen molar-refractivity contribution in [3.8, 4) is 0 Å². The molecule has 0 aromatic heterocycles. The Bertz CT molecular complexity index is 892. The predicted octanol–water partition coefficient (Wildman–Crippen LogP) is 2.72. The molecule has 0 saturated carbocycles. The van der Waals surface area contributed by atoms with Crippen LogP contribution in [0.15, 0.2) is 28.1 Å². The minimum absolute atomic E-state index is 0.0458. The molecule has 8 nitrogen and oxygen atoms in total. The van der Waals surface area contributed by atoms with Gasteiger partial charge >= 0.3 is 6.03 Å². The fourth-order valence-electron chi connectivity index (χ4n) is 2.69. The molecule has 1 unspecified atom stereocenters. The van der Waals surface area contributed by atoms with Gasteiger partial charge in [0.25, 0.3) is 10.0 Å². The number of carbonyl (C=O) groups excluding carboxylic acids is 1. The summed E-state index contributed by atoms with van der Waals surface area (Å²) in [4.78, 5) is 17.7. The lowest BCUT2D eigenvalue weighted by molar-refractivity contribution is -0.0350. The molecule has 1 saturated heterocycles. The minimum Gasteiger partial charge on any atom is -0.366 e. The second kappa shape index (κ2) is 9.55. The van der Waals surface area contributed by atoms with Gasteiger partial charge in [-0.3, -0.25) is 4.99 Å². The molecule has 11 heteroatoms. The number of nitrogens with zero attached hydrogens (tertiary/aromatic N) is 2. The van der Waals surface area contributed by atoms with E-state index >= 15 is 0 Å². The van der Waals surface area contributed by atoms with Crippen LogP contribution in [0.2, 0.25) is 5.02 Å². The average molecular weight is 463 g/mol. The maximum atomic E-state index is 12.7. The molecule has 2 rings (SSSR count). The molecule has 3 N–H and O–H groups in total. The number of aliphatic hydroxyl groups is 1. The molecule has 162 valence electrons. The van der Waals surface area contributed by atoms with Crippen LogP contribution in [0, 0.1) is 0 Å². The molecule has 29 heavy (non-hydrogen) atoms. The Hall–Kier alpha value is -1.49. The average Bonchev–Trinajstić information content (AvgIpc) is 2.90. The van der Waals surface area contributed by atoms with E-state index in [9.17, 15) is 18.3 Å². The number of hydrogen-bond acceptors (Lipinski definition) is 6. The number of aliphatic imine (C=N–C) groups is 1. The van der Waals surface area contributed by atoms with Gasteiger partial charge in [0.15, 0.2) is 10.9 Å². The quantitative estimate of drug-likeness (QED) is 0.537.